The van der Waals surface area contributed by atoms with Gasteiger partial charge < -0.3 is 19.4 Å². The molecule has 1 amide bonds. The average Bonchev–Trinajstić information content (AvgIpc) is 3.02. The van der Waals surface area contributed by atoms with Crippen LogP contribution < -0.4 is 14.8 Å². The predicted molar refractivity (Wildman–Crippen MR) is 90.4 cm³/mol. The number of benzene rings is 1. The first-order chi connectivity index (χ1) is 11.7. The Kier molecular flexibility index (Phi) is 5.24. The Balaban J connectivity index is 1.47. The number of carbonyl (C=O) groups excluding carboxylic acids is 1. The van der Waals surface area contributed by atoms with Gasteiger partial charge in [-0.3, -0.25) is 4.79 Å². The van der Waals surface area contributed by atoms with Gasteiger partial charge in [0.25, 0.3) is 0 Å². The highest BCUT2D eigenvalue weighted by atomic mass is 32.2. The lowest BCUT2D eigenvalue weighted by molar-refractivity contribution is -0.118. The molecule has 0 saturated heterocycles. The summed E-state index contributed by atoms with van der Waals surface area (Å²) in [7, 11) is 3.49. The molecule has 2 aromatic rings. The van der Waals surface area contributed by atoms with Crippen LogP contribution in [0.4, 0.5) is 0 Å². The number of ether oxygens (including phenoxy) is 2. The van der Waals surface area contributed by atoms with E-state index in [0.717, 1.165) is 28.6 Å². The third-order valence-electron chi connectivity index (χ3n) is 3.84. The maximum Gasteiger partial charge on any atom is 0.230 e. The Hall–Kier alpha value is -2.22. The van der Waals surface area contributed by atoms with E-state index >= 15 is 0 Å². The van der Waals surface area contributed by atoms with Crippen LogP contribution in [-0.4, -0.2) is 46.7 Å². The number of hydrogen-bond acceptors (Lipinski definition) is 6. The number of carbonyl (C=O) groups is 1. The molecule has 0 aliphatic carbocycles. The van der Waals surface area contributed by atoms with Gasteiger partial charge >= 0.3 is 0 Å². The van der Waals surface area contributed by atoms with Crippen molar-refractivity contribution in [3.63, 3.8) is 0 Å². The van der Waals surface area contributed by atoms with Crippen LogP contribution >= 0.6 is 11.8 Å². The van der Waals surface area contributed by atoms with Crippen LogP contribution in [0.3, 0.4) is 0 Å². The molecule has 1 aliphatic heterocycles. The van der Waals surface area contributed by atoms with Crippen LogP contribution in [0.5, 0.6) is 11.5 Å². The largest absolute Gasteiger partial charge is 0.493 e. The molecule has 0 saturated carbocycles. The van der Waals surface area contributed by atoms with Crippen LogP contribution in [0.2, 0.25) is 0 Å². The number of thioether (sulfide) groups is 1. The van der Waals surface area contributed by atoms with Crippen molar-refractivity contribution in [2.75, 3.05) is 26.0 Å². The van der Waals surface area contributed by atoms with Gasteiger partial charge in [0, 0.05) is 19.5 Å². The highest BCUT2D eigenvalue weighted by molar-refractivity contribution is 7.99. The Labute approximate surface area is 144 Å². The normalized spacial score (nSPS) is 16.2. The first kappa shape index (κ1) is 16.6. The van der Waals surface area contributed by atoms with Gasteiger partial charge in [-0.05, 0) is 18.1 Å². The summed E-state index contributed by atoms with van der Waals surface area (Å²) in [6, 6.07) is 5.89. The second-order valence-electron chi connectivity index (χ2n) is 5.65. The quantitative estimate of drug-likeness (QED) is 0.793. The zero-order chi connectivity index (χ0) is 16.9. The molecule has 1 aromatic carbocycles. The molecule has 1 aliphatic rings. The standard InChI is InChI=1S/C16H20N4O3S/c1-20-10-18-19-16(20)24-9-14(21)17-7-11-6-12-4-3-5-13(22-2)15(12)23-8-11/h3-5,10-11H,6-9H2,1-2H3,(H,17,21)/t11-/m0/s1. The molecule has 0 radical (unpaired) electrons. The summed E-state index contributed by atoms with van der Waals surface area (Å²) in [4.78, 5) is 12.0. The smallest absolute Gasteiger partial charge is 0.230 e. The maximum atomic E-state index is 12.0. The first-order valence-corrected chi connectivity index (χ1v) is 8.68. The van der Waals surface area contributed by atoms with Crippen LogP contribution in [0, 0.1) is 5.92 Å². The summed E-state index contributed by atoms with van der Waals surface area (Å²) in [5.41, 5.74) is 1.12. The van der Waals surface area contributed by atoms with Crippen molar-refractivity contribution in [3.8, 4) is 11.5 Å². The van der Waals surface area contributed by atoms with Gasteiger partial charge in [0.05, 0.1) is 19.5 Å². The summed E-state index contributed by atoms with van der Waals surface area (Å²) >= 11 is 1.37. The molecule has 128 valence electrons. The van der Waals surface area contributed by atoms with Crippen LogP contribution in [-0.2, 0) is 18.3 Å². The van der Waals surface area contributed by atoms with Crippen molar-refractivity contribution in [1.29, 1.82) is 0 Å². The summed E-state index contributed by atoms with van der Waals surface area (Å²) in [5.74, 6) is 2.15. The highest BCUT2D eigenvalue weighted by Crippen LogP contribution is 2.35. The molecule has 2 heterocycles. The van der Waals surface area contributed by atoms with E-state index in [1.165, 1.54) is 11.8 Å². The number of amides is 1. The predicted octanol–water partition coefficient (Wildman–Crippen LogP) is 1.28. The van der Waals surface area contributed by atoms with Gasteiger partial charge in [-0.25, -0.2) is 0 Å². The number of fused-ring (bicyclic) bond motifs is 1. The van der Waals surface area contributed by atoms with Crippen molar-refractivity contribution < 1.29 is 14.3 Å². The molecule has 1 aromatic heterocycles. The molecular weight excluding hydrogens is 328 g/mol. The van der Waals surface area contributed by atoms with Crippen molar-refractivity contribution in [1.82, 2.24) is 20.1 Å². The van der Waals surface area contributed by atoms with Crippen molar-refractivity contribution in [2.45, 2.75) is 11.6 Å². The molecule has 7 nitrogen and oxygen atoms in total. The fourth-order valence-corrected chi connectivity index (χ4v) is 3.31. The Morgan fingerprint density at radius 3 is 3.17 bits per heavy atom. The molecule has 0 unspecified atom stereocenters. The molecule has 3 rings (SSSR count). The lowest BCUT2D eigenvalue weighted by Gasteiger charge is -2.26. The fraction of sp³-hybridized carbons (Fsp3) is 0.438. The van der Waals surface area contributed by atoms with Gasteiger partial charge in [-0.15, -0.1) is 10.2 Å². The number of methoxy groups -OCH3 is 1. The maximum absolute atomic E-state index is 12.0. The lowest BCUT2D eigenvalue weighted by Crippen LogP contribution is -2.35. The van der Waals surface area contributed by atoms with E-state index in [1.54, 1.807) is 18.0 Å². The Bertz CT molecular complexity index is 719. The molecule has 24 heavy (non-hydrogen) atoms. The van der Waals surface area contributed by atoms with Gasteiger partial charge in [0.1, 0.15) is 6.33 Å². The third kappa shape index (κ3) is 3.81. The molecule has 8 heteroatoms. The minimum absolute atomic E-state index is 0.0144. The van der Waals surface area contributed by atoms with Crippen molar-refractivity contribution in [3.05, 3.63) is 30.1 Å². The van der Waals surface area contributed by atoms with Crippen LogP contribution in [0.1, 0.15) is 5.56 Å². The van der Waals surface area contributed by atoms with E-state index in [2.05, 4.69) is 15.5 Å². The van der Waals surface area contributed by atoms with E-state index in [0.29, 0.717) is 18.9 Å². The molecular formula is C16H20N4O3S. The van der Waals surface area contributed by atoms with E-state index in [4.69, 9.17) is 9.47 Å². The highest BCUT2D eigenvalue weighted by Gasteiger charge is 2.23. The monoisotopic (exact) mass is 348 g/mol. The van der Waals surface area contributed by atoms with Gasteiger partial charge in [0.15, 0.2) is 16.7 Å². The molecule has 1 atom stereocenters. The molecule has 0 bridgehead atoms. The van der Waals surface area contributed by atoms with E-state index in [9.17, 15) is 4.79 Å². The lowest BCUT2D eigenvalue weighted by atomic mass is 9.96. The van der Waals surface area contributed by atoms with E-state index in [1.807, 2.05) is 25.2 Å². The second kappa shape index (κ2) is 7.57. The summed E-state index contributed by atoms with van der Waals surface area (Å²) in [5, 5.41) is 11.4. The topological polar surface area (TPSA) is 78.3 Å². The number of nitrogens with zero attached hydrogens (tertiary/aromatic N) is 3. The Morgan fingerprint density at radius 2 is 2.42 bits per heavy atom. The van der Waals surface area contributed by atoms with E-state index in [-0.39, 0.29) is 11.8 Å². The summed E-state index contributed by atoms with van der Waals surface area (Å²) in [6.45, 7) is 1.17. The zero-order valence-electron chi connectivity index (χ0n) is 13.7. The number of nitrogens with one attached hydrogen (secondary N) is 1. The number of hydrogen-bond donors (Lipinski definition) is 1. The molecule has 1 N–H and O–H groups in total. The van der Waals surface area contributed by atoms with Gasteiger partial charge in [0.2, 0.25) is 5.91 Å². The summed E-state index contributed by atoms with van der Waals surface area (Å²) in [6.07, 6.45) is 2.48. The average molecular weight is 348 g/mol. The van der Waals surface area contributed by atoms with E-state index < -0.39 is 0 Å². The fourth-order valence-electron chi connectivity index (χ4n) is 2.59. The van der Waals surface area contributed by atoms with Gasteiger partial charge in [-0.1, -0.05) is 23.9 Å². The number of aromatic nitrogens is 3. The SMILES string of the molecule is COc1cccc2c1OC[C@H](CNC(=O)CSc1nncn1C)C2. The van der Waals surface area contributed by atoms with Crippen LogP contribution in [0.15, 0.2) is 29.7 Å². The Morgan fingerprint density at radius 1 is 1.54 bits per heavy atom. The minimum Gasteiger partial charge on any atom is -0.493 e. The summed E-state index contributed by atoms with van der Waals surface area (Å²) < 4.78 is 12.9. The zero-order valence-corrected chi connectivity index (χ0v) is 14.5. The second-order valence-corrected chi connectivity index (χ2v) is 6.59. The van der Waals surface area contributed by atoms with Gasteiger partial charge in [-0.2, -0.15) is 0 Å². The number of para-hydroxylation sites is 1. The first-order valence-electron chi connectivity index (χ1n) is 7.69. The minimum atomic E-state index is -0.0144. The van der Waals surface area contributed by atoms with Crippen LogP contribution in [0.25, 0.3) is 0 Å². The van der Waals surface area contributed by atoms with Crippen molar-refractivity contribution >= 4 is 17.7 Å². The molecule has 0 fully saturated rings. The third-order valence-corrected chi connectivity index (χ3v) is 4.88. The number of rotatable bonds is 6. The van der Waals surface area contributed by atoms with Crippen molar-refractivity contribution in [2.24, 2.45) is 13.0 Å². The number of aryl methyl sites for hydroxylation is 1. The molecule has 0 spiro atoms.